The molecule has 4 bridgehead atoms. The molecule has 0 amide bonds. The molecular formula is C17H23O+. The molecule has 0 radical (unpaired) electrons. The molecule has 1 aromatic rings. The highest BCUT2D eigenvalue weighted by Crippen LogP contribution is 2.60. The average Bonchev–Trinajstić information content (AvgIpc) is 2.25. The van der Waals surface area contributed by atoms with Crippen molar-refractivity contribution < 1.29 is 4.42 Å². The first-order chi connectivity index (χ1) is 8.63. The Morgan fingerprint density at radius 1 is 0.889 bits per heavy atom. The van der Waals surface area contributed by atoms with Gasteiger partial charge in [0.1, 0.15) is 0 Å². The molecule has 0 atom stereocenters. The lowest BCUT2D eigenvalue weighted by atomic mass is 9.48. The van der Waals surface area contributed by atoms with Crippen molar-refractivity contribution in [3.8, 4) is 0 Å². The van der Waals surface area contributed by atoms with Crippen LogP contribution < -0.4 is 0 Å². The van der Waals surface area contributed by atoms with E-state index in [0.29, 0.717) is 5.41 Å². The van der Waals surface area contributed by atoms with Gasteiger partial charge in [0.2, 0.25) is 0 Å². The van der Waals surface area contributed by atoms with Crippen molar-refractivity contribution in [2.75, 3.05) is 0 Å². The molecule has 4 fully saturated rings. The first kappa shape index (κ1) is 11.0. The second-order valence-corrected chi connectivity index (χ2v) is 7.27. The van der Waals surface area contributed by atoms with Crippen LogP contribution in [-0.2, 0) is 5.41 Å². The van der Waals surface area contributed by atoms with Crippen molar-refractivity contribution in [1.82, 2.24) is 0 Å². The van der Waals surface area contributed by atoms with E-state index in [1.165, 1.54) is 38.5 Å². The van der Waals surface area contributed by atoms with Crippen LogP contribution >= 0.6 is 0 Å². The standard InChI is InChI=1S/C17H23O/c1-11-3-16(4-12(2)18-11)17-8-13-5-14(9-17)7-15(6-13)10-17/h3-4,13-15H,5-10H2,1-2H3/q+1. The van der Waals surface area contributed by atoms with Crippen molar-refractivity contribution in [2.24, 2.45) is 17.8 Å². The van der Waals surface area contributed by atoms with Crippen LogP contribution in [0.5, 0.6) is 0 Å². The molecule has 4 aliphatic carbocycles. The highest BCUT2D eigenvalue weighted by molar-refractivity contribution is 5.30. The molecule has 4 aliphatic rings. The molecule has 1 nitrogen and oxygen atoms in total. The van der Waals surface area contributed by atoms with Crippen LogP contribution in [0.2, 0.25) is 0 Å². The fraction of sp³-hybridized carbons (Fsp3) is 0.706. The van der Waals surface area contributed by atoms with Crippen LogP contribution in [0.1, 0.15) is 55.6 Å². The zero-order chi connectivity index (χ0) is 12.3. The highest BCUT2D eigenvalue weighted by Gasteiger charge is 2.52. The van der Waals surface area contributed by atoms with Gasteiger partial charge in [0, 0.05) is 12.1 Å². The number of hydrogen-bond donors (Lipinski definition) is 0. The molecule has 5 rings (SSSR count). The van der Waals surface area contributed by atoms with E-state index in [1.807, 2.05) is 0 Å². The largest absolute Gasteiger partial charge is 0.326 e. The number of rotatable bonds is 1. The summed E-state index contributed by atoms with van der Waals surface area (Å²) in [5, 5.41) is 0. The van der Waals surface area contributed by atoms with Gasteiger partial charge in [-0.15, -0.1) is 0 Å². The minimum absolute atomic E-state index is 0.515. The van der Waals surface area contributed by atoms with Gasteiger partial charge in [-0.25, -0.2) is 4.42 Å². The molecule has 0 aromatic carbocycles. The zero-order valence-electron chi connectivity index (χ0n) is 11.5. The quantitative estimate of drug-likeness (QED) is 0.654. The predicted octanol–water partition coefficient (Wildman–Crippen LogP) is 4.65. The highest BCUT2D eigenvalue weighted by atomic mass is 16.3. The van der Waals surface area contributed by atoms with E-state index in [0.717, 1.165) is 29.3 Å². The van der Waals surface area contributed by atoms with Gasteiger partial charge < -0.3 is 0 Å². The Hall–Kier alpha value is -0.850. The van der Waals surface area contributed by atoms with E-state index in [4.69, 9.17) is 4.42 Å². The Balaban J connectivity index is 1.79. The minimum atomic E-state index is 0.515. The summed E-state index contributed by atoms with van der Waals surface area (Å²) >= 11 is 0. The lowest BCUT2D eigenvalue weighted by molar-refractivity contribution is -0.00548. The lowest BCUT2D eigenvalue weighted by Crippen LogP contribution is -2.48. The summed E-state index contributed by atoms with van der Waals surface area (Å²) in [6.07, 6.45) is 8.91. The second kappa shape index (κ2) is 3.59. The second-order valence-electron chi connectivity index (χ2n) is 7.27. The molecule has 18 heavy (non-hydrogen) atoms. The smallest absolute Gasteiger partial charge is 0.218 e. The van der Waals surface area contributed by atoms with E-state index in [1.54, 1.807) is 5.56 Å². The topological polar surface area (TPSA) is 11.3 Å². The average molecular weight is 243 g/mol. The van der Waals surface area contributed by atoms with Gasteiger partial charge in [0.05, 0.1) is 13.8 Å². The summed E-state index contributed by atoms with van der Waals surface area (Å²) in [7, 11) is 0. The van der Waals surface area contributed by atoms with Gasteiger partial charge in [-0.3, -0.25) is 0 Å². The normalized spacial score (nSPS) is 41.3. The van der Waals surface area contributed by atoms with Crippen molar-refractivity contribution in [3.63, 3.8) is 0 Å². The van der Waals surface area contributed by atoms with E-state index in [9.17, 15) is 0 Å². The van der Waals surface area contributed by atoms with E-state index < -0.39 is 0 Å². The van der Waals surface area contributed by atoms with Gasteiger partial charge >= 0.3 is 11.5 Å². The molecule has 0 N–H and O–H groups in total. The maximum atomic E-state index is 5.68. The maximum absolute atomic E-state index is 5.68. The Morgan fingerprint density at radius 3 is 1.78 bits per heavy atom. The molecular weight excluding hydrogens is 220 g/mol. The summed E-state index contributed by atoms with van der Waals surface area (Å²) in [5.74, 6) is 5.23. The van der Waals surface area contributed by atoms with Gasteiger partial charge in [-0.2, -0.15) is 0 Å². The molecule has 96 valence electrons. The third kappa shape index (κ3) is 1.56. The molecule has 0 saturated heterocycles. The summed E-state index contributed by atoms with van der Waals surface area (Å²) in [6.45, 7) is 4.19. The van der Waals surface area contributed by atoms with Crippen molar-refractivity contribution >= 4 is 0 Å². The summed E-state index contributed by atoms with van der Waals surface area (Å²) in [4.78, 5) is 0. The third-order valence-corrected chi connectivity index (χ3v) is 5.69. The van der Waals surface area contributed by atoms with Crippen LogP contribution in [0.25, 0.3) is 0 Å². The first-order valence-electron chi connectivity index (χ1n) is 7.55. The number of hydrogen-bond acceptors (Lipinski definition) is 0. The molecule has 1 heterocycles. The summed E-state index contributed by atoms with van der Waals surface area (Å²) < 4.78 is 5.68. The Bertz CT molecular complexity index is 433. The van der Waals surface area contributed by atoms with Crippen LogP contribution in [0.15, 0.2) is 16.5 Å². The fourth-order valence-corrected chi connectivity index (χ4v) is 5.56. The zero-order valence-corrected chi connectivity index (χ0v) is 11.5. The van der Waals surface area contributed by atoms with Gasteiger partial charge in [0.15, 0.2) is 0 Å². The summed E-state index contributed by atoms with van der Waals surface area (Å²) in [6, 6.07) is 4.64. The van der Waals surface area contributed by atoms with E-state index >= 15 is 0 Å². The third-order valence-electron chi connectivity index (χ3n) is 5.69. The van der Waals surface area contributed by atoms with Gasteiger partial charge in [-0.05, 0) is 67.3 Å². The SMILES string of the molecule is Cc1cc(C23CC4CC(CC(C4)C2)C3)cc(C)[o+]1. The summed E-state index contributed by atoms with van der Waals surface area (Å²) in [5.41, 5.74) is 2.10. The van der Waals surface area contributed by atoms with Crippen LogP contribution in [0, 0.1) is 31.6 Å². The maximum Gasteiger partial charge on any atom is 0.326 e. The Kier molecular flexibility index (Phi) is 2.19. The molecule has 0 spiro atoms. The van der Waals surface area contributed by atoms with E-state index in [-0.39, 0.29) is 0 Å². The Morgan fingerprint density at radius 2 is 1.33 bits per heavy atom. The lowest BCUT2D eigenvalue weighted by Gasteiger charge is -2.57. The first-order valence-corrected chi connectivity index (χ1v) is 7.55. The van der Waals surface area contributed by atoms with Crippen LogP contribution in [0.4, 0.5) is 0 Å². The van der Waals surface area contributed by atoms with Gasteiger partial charge in [-0.1, -0.05) is 0 Å². The van der Waals surface area contributed by atoms with Gasteiger partial charge in [0.25, 0.3) is 0 Å². The predicted molar refractivity (Wildman–Crippen MR) is 72.4 cm³/mol. The minimum Gasteiger partial charge on any atom is -0.218 e. The van der Waals surface area contributed by atoms with E-state index in [2.05, 4.69) is 26.0 Å². The fourth-order valence-electron chi connectivity index (χ4n) is 5.56. The molecule has 0 unspecified atom stereocenters. The molecule has 0 aliphatic heterocycles. The molecule has 1 aromatic heterocycles. The van der Waals surface area contributed by atoms with Crippen LogP contribution in [0.3, 0.4) is 0 Å². The molecule has 1 heteroatoms. The Labute approximate surface area is 110 Å². The monoisotopic (exact) mass is 243 g/mol. The number of aryl methyl sites for hydroxylation is 2. The van der Waals surface area contributed by atoms with Crippen LogP contribution in [-0.4, -0.2) is 0 Å². The molecule has 4 saturated carbocycles. The van der Waals surface area contributed by atoms with Crippen molar-refractivity contribution in [2.45, 2.75) is 57.8 Å². The van der Waals surface area contributed by atoms with Crippen molar-refractivity contribution in [3.05, 3.63) is 29.2 Å². The van der Waals surface area contributed by atoms with Crippen molar-refractivity contribution in [1.29, 1.82) is 0 Å².